The number of urea groups is 1. The second kappa shape index (κ2) is 7.12. The third kappa shape index (κ3) is 3.75. The van der Waals surface area contributed by atoms with E-state index in [-0.39, 0.29) is 17.6 Å². The van der Waals surface area contributed by atoms with Crippen molar-refractivity contribution < 1.29 is 18.1 Å². The molecule has 0 radical (unpaired) electrons. The highest BCUT2D eigenvalue weighted by Gasteiger charge is 2.28. The Morgan fingerprint density at radius 1 is 1.32 bits per heavy atom. The zero-order valence-corrected chi connectivity index (χ0v) is 14.0. The molecule has 0 aliphatic carbocycles. The molecule has 0 spiro atoms. The van der Waals surface area contributed by atoms with Gasteiger partial charge in [-0.1, -0.05) is 5.16 Å². The van der Waals surface area contributed by atoms with Crippen LogP contribution in [0.15, 0.2) is 22.9 Å². The molecule has 7 nitrogen and oxygen atoms in total. The van der Waals surface area contributed by atoms with Crippen molar-refractivity contribution in [1.29, 1.82) is 0 Å². The van der Waals surface area contributed by atoms with Crippen LogP contribution in [0.5, 0.6) is 0 Å². The molecule has 25 heavy (non-hydrogen) atoms. The highest BCUT2D eigenvalue weighted by molar-refractivity contribution is 5.73. The third-order valence-electron chi connectivity index (χ3n) is 4.21. The summed E-state index contributed by atoms with van der Waals surface area (Å²) in [5.74, 6) is 0.917. The van der Waals surface area contributed by atoms with Gasteiger partial charge in [-0.3, -0.25) is 4.98 Å². The number of hydrogen-bond donors (Lipinski definition) is 0. The van der Waals surface area contributed by atoms with Gasteiger partial charge < -0.3 is 14.3 Å². The summed E-state index contributed by atoms with van der Waals surface area (Å²) in [6.45, 7) is 1.26. The van der Waals surface area contributed by atoms with Crippen molar-refractivity contribution in [1.82, 2.24) is 24.9 Å². The number of likely N-dealkylation sites (tertiary alicyclic amines) is 1. The van der Waals surface area contributed by atoms with E-state index in [4.69, 9.17) is 4.52 Å². The SMILES string of the molecule is CN(C)C(=O)N1CCC(c2nc(-c3ccc(C(F)F)nc3)no2)CC1. The molecule has 3 rings (SSSR count). The van der Waals surface area contributed by atoms with E-state index in [1.165, 1.54) is 18.3 Å². The van der Waals surface area contributed by atoms with Crippen LogP contribution < -0.4 is 0 Å². The molecule has 2 aromatic rings. The number of nitrogens with zero attached hydrogens (tertiary/aromatic N) is 5. The van der Waals surface area contributed by atoms with E-state index >= 15 is 0 Å². The van der Waals surface area contributed by atoms with Crippen LogP contribution in [0.2, 0.25) is 0 Å². The van der Waals surface area contributed by atoms with Crippen LogP contribution in [0.4, 0.5) is 13.6 Å². The maximum absolute atomic E-state index is 12.5. The van der Waals surface area contributed by atoms with Gasteiger partial charge in [0.2, 0.25) is 11.7 Å². The summed E-state index contributed by atoms with van der Waals surface area (Å²) in [6.07, 6.45) is 0.187. The maximum atomic E-state index is 12.5. The van der Waals surface area contributed by atoms with E-state index in [0.29, 0.717) is 30.4 Å². The monoisotopic (exact) mass is 351 g/mol. The van der Waals surface area contributed by atoms with Crippen molar-refractivity contribution in [3.05, 3.63) is 29.9 Å². The van der Waals surface area contributed by atoms with Crippen LogP contribution >= 0.6 is 0 Å². The summed E-state index contributed by atoms with van der Waals surface area (Å²) in [6, 6.07) is 2.75. The van der Waals surface area contributed by atoms with Crippen molar-refractivity contribution in [2.45, 2.75) is 25.2 Å². The Bertz CT molecular complexity index is 724. The van der Waals surface area contributed by atoms with Gasteiger partial charge in [0.15, 0.2) is 0 Å². The number of pyridine rings is 1. The fourth-order valence-corrected chi connectivity index (χ4v) is 2.79. The van der Waals surface area contributed by atoms with Gasteiger partial charge in [0.1, 0.15) is 5.69 Å². The zero-order chi connectivity index (χ0) is 18.0. The molecule has 1 saturated heterocycles. The van der Waals surface area contributed by atoms with Crippen LogP contribution in [0, 0.1) is 0 Å². The van der Waals surface area contributed by atoms with E-state index in [1.807, 2.05) is 0 Å². The van der Waals surface area contributed by atoms with Gasteiger partial charge in [-0.2, -0.15) is 4.98 Å². The summed E-state index contributed by atoms with van der Waals surface area (Å²) >= 11 is 0. The number of rotatable bonds is 3. The second-order valence-corrected chi connectivity index (χ2v) is 6.17. The smallest absolute Gasteiger partial charge is 0.319 e. The molecule has 0 N–H and O–H groups in total. The molecule has 3 heterocycles. The average molecular weight is 351 g/mol. The molecule has 9 heteroatoms. The number of hydrogen-bond acceptors (Lipinski definition) is 5. The van der Waals surface area contributed by atoms with Crippen LogP contribution in [0.1, 0.15) is 36.8 Å². The Morgan fingerprint density at radius 3 is 2.60 bits per heavy atom. The van der Waals surface area contributed by atoms with Crippen LogP contribution in [-0.2, 0) is 0 Å². The van der Waals surface area contributed by atoms with E-state index in [9.17, 15) is 13.6 Å². The van der Waals surface area contributed by atoms with E-state index in [2.05, 4.69) is 15.1 Å². The predicted molar refractivity (Wildman–Crippen MR) is 85.1 cm³/mol. The van der Waals surface area contributed by atoms with Gasteiger partial charge in [0.25, 0.3) is 6.43 Å². The number of halogens is 2. The van der Waals surface area contributed by atoms with Gasteiger partial charge in [-0.15, -0.1) is 0 Å². The van der Waals surface area contributed by atoms with Gasteiger partial charge in [0.05, 0.1) is 0 Å². The highest BCUT2D eigenvalue weighted by Crippen LogP contribution is 2.29. The van der Waals surface area contributed by atoms with E-state index in [0.717, 1.165) is 12.8 Å². The Balaban J connectivity index is 1.65. The Hall–Kier alpha value is -2.58. The first-order chi connectivity index (χ1) is 12.0. The molecule has 1 fully saturated rings. The highest BCUT2D eigenvalue weighted by atomic mass is 19.3. The topological polar surface area (TPSA) is 75.4 Å². The van der Waals surface area contributed by atoms with Crippen LogP contribution in [0.25, 0.3) is 11.4 Å². The molecule has 0 saturated carbocycles. The molecule has 0 atom stereocenters. The molecule has 2 amide bonds. The minimum atomic E-state index is -2.61. The minimum absolute atomic E-state index is 0.00476. The number of amides is 2. The Kier molecular flexibility index (Phi) is 4.91. The maximum Gasteiger partial charge on any atom is 0.319 e. The first-order valence-corrected chi connectivity index (χ1v) is 8.00. The summed E-state index contributed by atoms with van der Waals surface area (Å²) in [5, 5.41) is 3.92. The summed E-state index contributed by atoms with van der Waals surface area (Å²) in [5.41, 5.74) is 0.241. The number of carbonyl (C=O) groups excluding carboxylic acids is 1. The lowest BCUT2D eigenvalue weighted by Gasteiger charge is -2.32. The summed E-state index contributed by atoms with van der Waals surface area (Å²) < 4.78 is 30.4. The normalized spacial score (nSPS) is 15.6. The molecule has 0 bridgehead atoms. The lowest BCUT2D eigenvalue weighted by Crippen LogP contribution is -2.43. The minimum Gasteiger partial charge on any atom is -0.339 e. The number of carbonyl (C=O) groups is 1. The lowest BCUT2D eigenvalue weighted by atomic mass is 9.97. The molecule has 134 valence electrons. The summed E-state index contributed by atoms with van der Waals surface area (Å²) in [4.78, 5) is 23.4. The number of alkyl halides is 2. The molecule has 1 aliphatic heterocycles. The van der Waals surface area contributed by atoms with Crippen LogP contribution in [0.3, 0.4) is 0 Å². The third-order valence-corrected chi connectivity index (χ3v) is 4.21. The molecule has 0 aromatic carbocycles. The van der Waals surface area contributed by atoms with Gasteiger partial charge in [0, 0.05) is 44.9 Å². The fraction of sp³-hybridized carbons (Fsp3) is 0.500. The average Bonchev–Trinajstić information content (AvgIpc) is 3.11. The number of aromatic nitrogens is 3. The van der Waals surface area contributed by atoms with Crippen LogP contribution in [-0.4, -0.2) is 58.1 Å². The number of piperidine rings is 1. The first kappa shape index (κ1) is 17.2. The van der Waals surface area contributed by atoms with Gasteiger partial charge >= 0.3 is 6.03 Å². The quantitative estimate of drug-likeness (QED) is 0.850. The van der Waals surface area contributed by atoms with Crippen molar-refractivity contribution in [2.24, 2.45) is 0 Å². The lowest BCUT2D eigenvalue weighted by molar-refractivity contribution is 0.146. The molecular weight excluding hydrogens is 332 g/mol. The largest absolute Gasteiger partial charge is 0.339 e. The van der Waals surface area contributed by atoms with Crippen molar-refractivity contribution >= 4 is 6.03 Å². The molecule has 1 aliphatic rings. The van der Waals surface area contributed by atoms with E-state index < -0.39 is 6.43 Å². The van der Waals surface area contributed by atoms with Crippen molar-refractivity contribution in [2.75, 3.05) is 27.2 Å². The molecular formula is C16H19F2N5O2. The standard InChI is InChI=1S/C16H19F2N5O2/c1-22(2)16(24)23-7-5-10(6-8-23)15-20-14(21-25-15)11-3-4-12(13(17)18)19-9-11/h3-4,9-10,13H,5-8H2,1-2H3. The Labute approximate surface area is 143 Å². The second-order valence-electron chi connectivity index (χ2n) is 6.17. The first-order valence-electron chi connectivity index (χ1n) is 8.00. The Morgan fingerprint density at radius 2 is 2.04 bits per heavy atom. The van der Waals surface area contributed by atoms with Gasteiger partial charge in [-0.05, 0) is 25.0 Å². The summed E-state index contributed by atoms with van der Waals surface area (Å²) in [7, 11) is 3.46. The molecule has 0 unspecified atom stereocenters. The fourth-order valence-electron chi connectivity index (χ4n) is 2.79. The molecule has 2 aromatic heterocycles. The predicted octanol–water partition coefficient (Wildman–Crippen LogP) is 2.93. The van der Waals surface area contributed by atoms with E-state index in [1.54, 1.807) is 23.9 Å². The van der Waals surface area contributed by atoms with Crippen molar-refractivity contribution in [3.63, 3.8) is 0 Å². The van der Waals surface area contributed by atoms with Gasteiger partial charge in [-0.25, -0.2) is 13.6 Å². The zero-order valence-electron chi connectivity index (χ0n) is 14.0. The van der Waals surface area contributed by atoms with Crippen molar-refractivity contribution in [3.8, 4) is 11.4 Å².